The topological polar surface area (TPSA) is 54.9 Å². The second kappa shape index (κ2) is 7.55. The molecule has 1 amide bonds. The number of fused-ring (bicyclic) bond motifs is 3. The van der Waals surface area contributed by atoms with Gasteiger partial charge in [0.2, 0.25) is 5.91 Å². The highest BCUT2D eigenvalue weighted by molar-refractivity contribution is 8.00. The van der Waals surface area contributed by atoms with Crippen LogP contribution >= 0.6 is 34.7 Å². The lowest BCUT2D eigenvalue weighted by Crippen LogP contribution is -2.14. The minimum absolute atomic E-state index is 0.0641. The summed E-state index contributed by atoms with van der Waals surface area (Å²) in [4.78, 5) is 24.1. The number of thiophene rings is 1. The Morgan fingerprint density at radius 3 is 3.00 bits per heavy atom. The molecule has 2 aromatic heterocycles. The van der Waals surface area contributed by atoms with Gasteiger partial charge in [0.25, 0.3) is 0 Å². The third-order valence-electron chi connectivity index (χ3n) is 4.34. The number of halogens is 1. The fourth-order valence-electron chi connectivity index (χ4n) is 3.23. The van der Waals surface area contributed by atoms with E-state index in [1.54, 1.807) is 23.5 Å². The maximum Gasteiger partial charge on any atom is 0.234 e. The van der Waals surface area contributed by atoms with Gasteiger partial charge in [-0.1, -0.05) is 29.4 Å². The molecule has 0 radical (unpaired) electrons. The van der Waals surface area contributed by atoms with Crippen LogP contribution in [0.25, 0.3) is 10.2 Å². The molecule has 0 bridgehead atoms. The molecule has 4 rings (SSSR count). The Kier molecular flexibility index (Phi) is 5.16. The molecule has 4 nitrogen and oxygen atoms in total. The van der Waals surface area contributed by atoms with Gasteiger partial charge in [0, 0.05) is 21.0 Å². The molecular formula is C19H18ClN3OS2. The molecule has 26 heavy (non-hydrogen) atoms. The first-order valence-corrected chi connectivity index (χ1v) is 10.8. The number of nitrogens with one attached hydrogen (secondary N) is 1. The van der Waals surface area contributed by atoms with Crippen LogP contribution in [0.3, 0.4) is 0 Å². The molecule has 7 heteroatoms. The Morgan fingerprint density at radius 1 is 1.31 bits per heavy atom. The van der Waals surface area contributed by atoms with Crippen LogP contribution in [0, 0.1) is 6.92 Å². The highest BCUT2D eigenvalue weighted by Gasteiger charge is 2.21. The molecule has 3 aromatic rings. The predicted molar refractivity (Wildman–Crippen MR) is 110 cm³/mol. The molecule has 1 aliphatic carbocycles. The van der Waals surface area contributed by atoms with E-state index >= 15 is 0 Å². The molecule has 1 N–H and O–H groups in total. The third-order valence-corrected chi connectivity index (χ3v) is 6.74. The standard InChI is InChI=1S/C19H18ClN3OS2/c1-11-21-18(17-14-7-2-3-8-15(14)26-19(17)22-11)25-10-16(24)23-13-6-4-5-12(20)9-13/h4-6,9H,2-3,7-8,10H2,1H3,(H,23,24). The normalized spacial score (nSPS) is 13.6. The Balaban J connectivity index is 1.55. The van der Waals surface area contributed by atoms with Crippen molar-refractivity contribution in [2.75, 3.05) is 11.1 Å². The second-order valence-electron chi connectivity index (χ2n) is 6.31. The lowest BCUT2D eigenvalue weighted by atomic mass is 9.97. The van der Waals surface area contributed by atoms with Crippen LogP contribution in [-0.4, -0.2) is 21.6 Å². The van der Waals surface area contributed by atoms with Crippen LogP contribution in [0.15, 0.2) is 29.3 Å². The van der Waals surface area contributed by atoms with Crippen LogP contribution in [-0.2, 0) is 17.6 Å². The number of hydrogen-bond acceptors (Lipinski definition) is 5. The van der Waals surface area contributed by atoms with E-state index in [2.05, 4.69) is 15.3 Å². The van der Waals surface area contributed by atoms with E-state index in [-0.39, 0.29) is 5.91 Å². The molecule has 0 spiro atoms. The number of amides is 1. The van der Waals surface area contributed by atoms with E-state index in [4.69, 9.17) is 11.6 Å². The number of nitrogens with zero attached hydrogens (tertiary/aromatic N) is 2. The zero-order valence-electron chi connectivity index (χ0n) is 14.3. The maximum atomic E-state index is 12.3. The smallest absolute Gasteiger partial charge is 0.234 e. The fourth-order valence-corrected chi connectivity index (χ4v) is 5.69. The molecule has 0 fully saturated rings. The van der Waals surface area contributed by atoms with Crippen molar-refractivity contribution in [3.63, 3.8) is 0 Å². The van der Waals surface area contributed by atoms with Gasteiger partial charge in [0.15, 0.2) is 0 Å². The Bertz CT molecular complexity index is 986. The average molecular weight is 404 g/mol. The zero-order chi connectivity index (χ0) is 18.1. The average Bonchev–Trinajstić information content (AvgIpc) is 2.97. The highest BCUT2D eigenvalue weighted by Crippen LogP contribution is 2.39. The molecule has 134 valence electrons. The van der Waals surface area contributed by atoms with Gasteiger partial charge in [0.1, 0.15) is 15.7 Å². The first-order chi connectivity index (χ1) is 12.6. The summed E-state index contributed by atoms with van der Waals surface area (Å²) in [5.41, 5.74) is 2.11. The molecule has 0 saturated heterocycles. The van der Waals surface area contributed by atoms with Crippen molar-refractivity contribution in [1.82, 2.24) is 9.97 Å². The van der Waals surface area contributed by atoms with E-state index in [9.17, 15) is 4.79 Å². The Morgan fingerprint density at radius 2 is 2.15 bits per heavy atom. The van der Waals surface area contributed by atoms with Crippen LogP contribution in [0.1, 0.15) is 29.1 Å². The van der Waals surface area contributed by atoms with Gasteiger partial charge in [-0.05, 0) is 56.4 Å². The number of carbonyl (C=O) groups excluding carboxylic acids is 1. The van der Waals surface area contributed by atoms with Crippen LogP contribution in [0.5, 0.6) is 0 Å². The van der Waals surface area contributed by atoms with Gasteiger partial charge >= 0.3 is 0 Å². The number of anilines is 1. The molecule has 0 unspecified atom stereocenters. The third kappa shape index (κ3) is 3.72. The van der Waals surface area contributed by atoms with Gasteiger partial charge in [0.05, 0.1) is 5.75 Å². The number of aromatic nitrogens is 2. The molecule has 0 aliphatic heterocycles. The molecular weight excluding hydrogens is 386 g/mol. The van der Waals surface area contributed by atoms with Crippen LogP contribution in [0.2, 0.25) is 5.02 Å². The predicted octanol–water partition coefficient (Wildman–Crippen LogP) is 5.26. The SMILES string of the molecule is Cc1nc(SCC(=O)Nc2cccc(Cl)c2)c2c3c(sc2n1)CCCC3. The van der Waals surface area contributed by atoms with Crippen molar-refractivity contribution < 1.29 is 4.79 Å². The lowest BCUT2D eigenvalue weighted by molar-refractivity contribution is -0.113. The summed E-state index contributed by atoms with van der Waals surface area (Å²) in [6.07, 6.45) is 4.68. The van der Waals surface area contributed by atoms with Gasteiger partial charge in [-0.25, -0.2) is 9.97 Å². The lowest BCUT2D eigenvalue weighted by Gasteiger charge is -2.12. The van der Waals surface area contributed by atoms with Crippen molar-refractivity contribution in [1.29, 1.82) is 0 Å². The minimum Gasteiger partial charge on any atom is -0.325 e. The zero-order valence-corrected chi connectivity index (χ0v) is 16.7. The monoisotopic (exact) mass is 403 g/mol. The molecule has 0 saturated carbocycles. The quantitative estimate of drug-likeness (QED) is 0.476. The van der Waals surface area contributed by atoms with Crippen molar-refractivity contribution in [3.8, 4) is 0 Å². The number of hydrogen-bond donors (Lipinski definition) is 1. The van der Waals surface area contributed by atoms with Crippen LogP contribution < -0.4 is 5.32 Å². The van der Waals surface area contributed by atoms with E-state index in [1.165, 1.54) is 35.0 Å². The van der Waals surface area contributed by atoms with E-state index in [0.29, 0.717) is 16.5 Å². The van der Waals surface area contributed by atoms with Gasteiger partial charge in [-0.3, -0.25) is 4.79 Å². The van der Waals surface area contributed by atoms with Crippen molar-refractivity contribution in [3.05, 3.63) is 45.6 Å². The van der Waals surface area contributed by atoms with E-state index in [1.807, 2.05) is 19.1 Å². The number of benzene rings is 1. The number of carbonyl (C=O) groups is 1. The Hall–Kier alpha value is -1.63. The van der Waals surface area contributed by atoms with E-state index in [0.717, 1.165) is 33.9 Å². The molecule has 1 aromatic carbocycles. The van der Waals surface area contributed by atoms with Gasteiger partial charge in [-0.2, -0.15) is 0 Å². The number of rotatable bonds is 4. The van der Waals surface area contributed by atoms with E-state index < -0.39 is 0 Å². The highest BCUT2D eigenvalue weighted by atomic mass is 35.5. The molecule has 0 atom stereocenters. The maximum absolute atomic E-state index is 12.3. The van der Waals surface area contributed by atoms with Gasteiger partial charge < -0.3 is 5.32 Å². The summed E-state index contributed by atoms with van der Waals surface area (Å²) >= 11 is 9.24. The summed E-state index contributed by atoms with van der Waals surface area (Å²) in [6.45, 7) is 1.91. The second-order valence-corrected chi connectivity index (χ2v) is 8.80. The molecule has 1 aliphatic rings. The summed E-state index contributed by atoms with van der Waals surface area (Å²) in [7, 11) is 0. The summed E-state index contributed by atoms with van der Waals surface area (Å²) in [5, 5.41) is 5.58. The van der Waals surface area contributed by atoms with Crippen molar-refractivity contribution in [2.24, 2.45) is 0 Å². The fraction of sp³-hybridized carbons (Fsp3) is 0.316. The summed E-state index contributed by atoms with van der Waals surface area (Å²) in [6, 6.07) is 7.18. The first-order valence-electron chi connectivity index (χ1n) is 8.57. The first kappa shape index (κ1) is 17.8. The van der Waals surface area contributed by atoms with Gasteiger partial charge in [-0.15, -0.1) is 11.3 Å². The Labute approximate surface area is 165 Å². The number of thioether (sulfide) groups is 1. The summed E-state index contributed by atoms with van der Waals surface area (Å²) in [5.74, 6) is 1.00. The summed E-state index contributed by atoms with van der Waals surface area (Å²) < 4.78 is 0. The van der Waals surface area contributed by atoms with Crippen molar-refractivity contribution >= 4 is 56.5 Å². The minimum atomic E-state index is -0.0641. The largest absolute Gasteiger partial charge is 0.325 e. The van der Waals surface area contributed by atoms with Crippen molar-refractivity contribution in [2.45, 2.75) is 37.6 Å². The van der Waals surface area contributed by atoms with Crippen LogP contribution in [0.4, 0.5) is 5.69 Å². The molecule has 2 heterocycles. The number of aryl methyl sites for hydroxylation is 3.